The minimum Gasteiger partial charge on any atom is -0.496 e. The van der Waals surface area contributed by atoms with Crippen LogP contribution in [0.3, 0.4) is 0 Å². The molecule has 0 aromatic heterocycles. The maximum absolute atomic E-state index is 11.6. The van der Waals surface area contributed by atoms with Crippen LogP contribution in [-0.2, 0) is 9.63 Å². The molecule has 1 amide bonds. The van der Waals surface area contributed by atoms with E-state index >= 15 is 0 Å². The Balaban J connectivity index is 1.87. The molecule has 0 aliphatic carbocycles. The highest BCUT2D eigenvalue weighted by molar-refractivity contribution is 6.05. The monoisotopic (exact) mass is 320 g/mol. The van der Waals surface area contributed by atoms with Gasteiger partial charge >= 0.3 is 5.97 Å². The molecule has 1 saturated heterocycles. The second-order valence-electron chi connectivity index (χ2n) is 5.40. The molecule has 2 aliphatic heterocycles. The van der Waals surface area contributed by atoms with E-state index in [-0.39, 0.29) is 29.2 Å². The highest BCUT2D eigenvalue weighted by Gasteiger charge is 2.44. The maximum Gasteiger partial charge on any atom is 0.339 e. The first kappa shape index (κ1) is 15.3. The number of ether oxygens (including phenoxy) is 1. The van der Waals surface area contributed by atoms with Gasteiger partial charge in [0.05, 0.1) is 25.3 Å². The van der Waals surface area contributed by atoms with Gasteiger partial charge in [-0.2, -0.15) is 0 Å². The van der Waals surface area contributed by atoms with Crippen molar-refractivity contribution in [3.63, 3.8) is 0 Å². The molecule has 0 bridgehead atoms. The van der Waals surface area contributed by atoms with E-state index in [1.807, 2.05) is 0 Å². The molecular weight excluding hydrogens is 304 g/mol. The third-order valence-corrected chi connectivity index (χ3v) is 4.12. The lowest BCUT2D eigenvalue weighted by atomic mass is 9.93. The van der Waals surface area contributed by atoms with Crippen molar-refractivity contribution < 1.29 is 29.4 Å². The summed E-state index contributed by atoms with van der Waals surface area (Å²) in [5.74, 6) is -1.33. The molecule has 2 unspecified atom stereocenters. The van der Waals surface area contributed by atoms with E-state index in [0.29, 0.717) is 24.4 Å². The van der Waals surface area contributed by atoms with Gasteiger partial charge in [-0.25, -0.2) is 4.79 Å². The molecule has 2 atom stereocenters. The molecule has 8 heteroatoms. The summed E-state index contributed by atoms with van der Waals surface area (Å²) >= 11 is 0. The van der Waals surface area contributed by atoms with Crippen LogP contribution < -0.4 is 4.74 Å². The predicted molar refractivity (Wildman–Crippen MR) is 78.5 cm³/mol. The van der Waals surface area contributed by atoms with E-state index in [1.54, 1.807) is 12.1 Å². The third kappa shape index (κ3) is 2.61. The Morgan fingerprint density at radius 2 is 2.22 bits per heavy atom. The van der Waals surface area contributed by atoms with Gasteiger partial charge in [-0.3, -0.25) is 4.79 Å². The number of methoxy groups -OCH3 is 1. The molecule has 122 valence electrons. The minimum absolute atomic E-state index is 0.0393. The Morgan fingerprint density at radius 3 is 2.87 bits per heavy atom. The Labute approximate surface area is 131 Å². The summed E-state index contributed by atoms with van der Waals surface area (Å²) < 4.78 is 5.04. The van der Waals surface area contributed by atoms with Gasteiger partial charge in [-0.05, 0) is 18.2 Å². The number of oxime groups is 1. The number of aromatic carboxylic acids is 1. The largest absolute Gasteiger partial charge is 0.496 e. The van der Waals surface area contributed by atoms with Crippen molar-refractivity contribution >= 4 is 17.6 Å². The zero-order valence-electron chi connectivity index (χ0n) is 12.4. The summed E-state index contributed by atoms with van der Waals surface area (Å²) in [4.78, 5) is 29.8. The lowest BCUT2D eigenvalue weighted by Crippen LogP contribution is -2.32. The van der Waals surface area contributed by atoms with Crippen LogP contribution in [-0.4, -0.2) is 65.6 Å². The van der Waals surface area contributed by atoms with Crippen LogP contribution in [0, 0.1) is 5.92 Å². The molecule has 1 aromatic carbocycles. The van der Waals surface area contributed by atoms with Gasteiger partial charge in [0.15, 0.2) is 6.10 Å². The number of nitrogens with zero attached hydrogens (tertiary/aromatic N) is 2. The summed E-state index contributed by atoms with van der Waals surface area (Å²) in [6.07, 6.45) is -0.268. The van der Waals surface area contributed by atoms with Gasteiger partial charge in [0.25, 0.3) is 0 Å². The van der Waals surface area contributed by atoms with Gasteiger partial charge in [0.2, 0.25) is 5.91 Å². The number of hydrogen-bond acceptors (Lipinski definition) is 6. The van der Waals surface area contributed by atoms with Crippen LogP contribution in [0.25, 0.3) is 0 Å². The summed E-state index contributed by atoms with van der Waals surface area (Å²) in [6, 6.07) is 4.77. The zero-order valence-corrected chi connectivity index (χ0v) is 12.4. The normalized spacial score (nSPS) is 22.3. The van der Waals surface area contributed by atoms with Crippen LogP contribution in [0.15, 0.2) is 23.4 Å². The number of fused-ring (bicyclic) bond motifs is 1. The van der Waals surface area contributed by atoms with Gasteiger partial charge in [0, 0.05) is 12.1 Å². The second kappa shape index (κ2) is 5.88. The highest BCUT2D eigenvalue weighted by atomic mass is 16.6. The third-order valence-electron chi connectivity index (χ3n) is 4.12. The molecule has 3 rings (SSSR count). The molecule has 0 saturated carbocycles. The van der Waals surface area contributed by atoms with Gasteiger partial charge in [-0.15, -0.1) is 0 Å². The summed E-state index contributed by atoms with van der Waals surface area (Å²) in [7, 11) is 1.41. The molecular formula is C15H16N2O6. The molecule has 1 fully saturated rings. The number of carboxylic acids is 1. The predicted octanol–water partition coefficient (Wildman–Crippen LogP) is -0.0530. The number of likely N-dealkylation sites (tertiary alicyclic amines) is 1. The molecule has 23 heavy (non-hydrogen) atoms. The van der Waals surface area contributed by atoms with Crippen molar-refractivity contribution in [3.8, 4) is 5.75 Å². The van der Waals surface area contributed by atoms with E-state index < -0.39 is 12.6 Å². The number of carbonyl (C=O) groups is 2. The number of rotatable bonds is 4. The number of aliphatic hydroxyl groups is 1. The standard InChI is InChI=1S/C15H16N2O6/c1-22-11-3-2-8(4-9(11)15(20)21)14-10-5-17(13(19)7-18)6-12(10)23-16-14/h2-4,10,12,18H,5-7H2,1H3,(H,20,21). The minimum atomic E-state index is -1.09. The first-order chi connectivity index (χ1) is 11.0. The van der Waals surface area contributed by atoms with E-state index in [4.69, 9.17) is 14.7 Å². The average Bonchev–Trinajstić information content (AvgIpc) is 3.13. The number of aliphatic hydroxyl groups excluding tert-OH is 1. The second-order valence-corrected chi connectivity index (χ2v) is 5.40. The molecule has 0 radical (unpaired) electrons. The van der Waals surface area contributed by atoms with Crippen LogP contribution in [0.2, 0.25) is 0 Å². The topological polar surface area (TPSA) is 109 Å². The molecule has 1 aromatic rings. The summed E-state index contributed by atoms with van der Waals surface area (Å²) in [5, 5.41) is 22.3. The molecule has 2 heterocycles. The quantitative estimate of drug-likeness (QED) is 0.805. The number of carboxylic acid groups (broad SMARTS) is 1. The van der Waals surface area contributed by atoms with Gasteiger partial charge in [-0.1, -0.05) is 5.16 Å². The zero-order chi connectivity index (χ0) is 16.6. The highest BCUT2D eigenvalue weighted by Crippen LogP contribution is 2.31. The van der Waals surface area contributed by atoms with Crippen LogP contribution in [0.5, 0.6) is 5.75 Å². The number of carbonyl (C=O) groups excluding carboxylic acids is 1. The fourth-order valence-corrected chi connectivity index (χ4v) is 2.94. The maximum atomic E-state index is 11.6. The van der Waals surface area contributed by atoms with E-state index in [9.17, 15) is 14.7 Å². The smallest absolute Gasteiger partial charge is 0.339 e. The Morgan fingerprint density at radius 1 is 1.43 bits per heavy atom. The Kier molecular flexibility index (Phi) is 3.91. The fraction of sp³-hybridized carbons (Fsp3) is 0.400. The number of amides is 1. The van der Waals surface area contributed by atoms with E-state index in [2.05, 4.69) is 5.16 Å². The number of hydrogen-bond donors (Lipinski definition) is 2. The Hall–Kier alpha value is -2.61. The Bertz CT molecular complexity index is 687. The lowest BCUT2D eigenvalue weighted by Gasteiger charge is -2.15. The van der Waals surface area contributed by atoms with Crippen molar-refractivity contribution in [2.24, 2.45) is 11.1 Å². The lowest BCUT2D eigenvalue weighted by molar-refractivity contribution is -0.133. The van der Waals surface area contributed by atoms with Gasteiger partial charge < -0.3 is 24.7 Å². The SMILES string of the molecule is COc1ccc(C2=NOC3CN(C(=O)CO)CC23)cc1C(=O)O. The van der Waals surface area contributed by atoms with Crippen LogP contribution in [0.4, 0.5) is 0 Å². The average molecular weight is 320 g/mol. The first-order valence-corrected chi connectivity index (χ1v) is 7.09. The number of benzene rings is 1. The van der Waals surface area contributed by atoms with Crippen molar-refractivity contribution in [2.45, 2.75) is 6.10 Å². The van der Waals surface area contributed by atoms with Crippen LogP contribution >= 0.6 is 0 Å². The van der Waals surface area contributed by atoms with E-state index in [0.717, 1.165) is 0 Å². The molecule has 2 aliphatic rings. The summed E-state index contributed by atoms with van der Waals surface area (Å²) in [5.41, 5.74) is 1.26. The fourth-order valence-electron chi connectivity index (χ4n) is 2.94. The molecule has 8 nitrogen and oxygen atoms in total. The summed E-state index contributed by atoms with van der Waals surface area (Å²) in [6.45, 7) is 0.202. The van der Waals surface area contributed by atoms with Crippen molar-refractivity contribution in [1.82, 2.24) is 4.90 Å². The first-order valence-electron chi connectivity index (χ1n) is 7.09. The molecule has 2 N–H and O–H groups in total. The van der Waals surface area contributed by atoms with E-state index in [1.165, 1.54) is 18.1 Å². The van der Waals surface area contributed by atoms with Crippen molar-refractivity contribution in [2.75, 3.05) is 26.8 Å². The van der Waals surface area contributed by atoms with Crippen LogP contribution in [0.1, 0.15) is 15.9 Å². The molecule has 0 spiro atoms. The van der Waals surface area contributed by atoms with Crippen molar-refractivity contribution in [1.29, 1.82) is 0 Å². The van der Waals surface area contributed by atoms with Gasteiger partial charge in [0.1, 0.15) is 17.9 Å². The van der Waals surface area contributed by atoms with Crippen molar-refractivity contribution in [3.05, 3.63) is 29.3 Å².